The molecule has 0 amide bonds. The maximum atomic E-state index is 12.0. The van der Waals surface area contributed by atoms with E-state index in [0.29, 0.717) is 12.2 Å². The normalized spacial score (nSPS) is 10.7. The van der Waals surface area contributed by atoms with Crippen LogP contribution in [0.15, 0.2) is 42.6 Å². The average molecular weight is 335 g/mol. The Morgan fingerprint density at radius 1 is 1.00 bits per heavy atom. The second-order valence-electron chi connectivity index (χ2n) is 4.91. The van der Waals surface area contributed by atoms with Crippen molar-refractivity contribution < 1.29 is 22.6 Å². The minimum Gasteiger partial charge on any atom is -0.494 e. The number of benzene rings is 1. The third kappa shape index (κ3) is 6.21. The van der Waals surface area contributed by atoms with Crippen LogP contribution in [-0.2, 0) is 0 Å². The summed E-state index contributed by atoms with van der Waals surface area (Å²) in [6, 6.07) is 9.85. The van der Waals surface area contributed by atoms with E-state index in [-0.39, 0.29) is 0 Å². The minimum absolute atomic E-state index is 0.493. The molecule has 0 atom stereocenters. The molecular weight excluding hydrogens is 319 g/mol. The van der Waals surface area contributed by atoms with Crippen molar-refractivity contribution >= 4 is 0 Å². The molecule has 1 heterocycles. The van der Waals surface area contributed by atoms with Crippen LogP contribution < -0.4 is 9.47 Å². The van der Waals surface area contributed by atoms with Gasteiger partial charge in [0.25, 0.3) is 0 Å². The Kier molecular flexibility index (Phi) is 6.07. The molecule has 0 unspecified atom stereocenters. The van der Waals surface area contributed by atoms with Gasteiger partial charge in [-0.2, -0.15) is 0 Å². The molecule has 126 valence electrons. The fourth-order valence-electron chi connectivity index (χ4n) is 1.75. The molecule has 6 heteroatoms. The van der Waals surface area contributed by atoms with Gasteiger partial charge < -0.3 is 9.47 Å². The molecule has 0 aliphatic heterocycles. The van der Waals surface area contributed by atoms with E-state index in [4.69, 9.17) is 4.74 Å². The van der Waals surface area contributed by atoms with Gasteiger partial charge in [-0.3, -0.25) is 0 Å². The Morgan fingerprint density at radius 2 is 1.67 bits per heavy atom. The second-order valence-corrected chi connectivity index (χ2v) is 4.91. The van der Waals surface area contributed by atoms with Crippen molar-refractivity contribution in [1.82, 2.24) is 4.98 Å². The number of hydrogen-bond donors (Lipinski definition) is 0. The molecule has 0 bridgehead atoms. The van der Waals surface area contributed by atoms with Crippen LogP contribution in [0.3, 0.4) is 0 Å². The van der Waals surface area contributed by atoms with E-state index in [1.54, 1.807) is 0 Å². The lowest BCUT2D eigenvalue weighted by Crippen LogP contribution is -2.17. The monoisotopic (exact) mass is 335 g/mol. The van der Waals surface area contributed by atoms with Gasteiger partial charge in [-0.05, 0) is 36.8 Å². The number of hydrogen-bond acceptors (Lipinski definition) is 3. The third-order valence-electron chi connectivity index (χ3n) is 2.93. The molecule has 1 aromatic heterocycles. The van der Waals surface area contributed by atoms with Crippen molar-refractivity contribution in [2.45, 2.75) is 26.1 Å². The molecule has 0 radical (unpaired) electrons. The van der Waals surface area contributed by atoms with E-state index in [1.165, 1.54) is 12.3 Å². The molecule has 0 aliphatic carbocycles. The zero-order valence-electron chi connectivity index (χ0n) is 13.1. The van der Waals surface area contributed by atoms with Gasteiger partial charge in [0.15, 0.2) is 0 Å². The van der Waals surface area contributed by atoms with Gasteiger partial charge in [-0.1, -0.05) is 25.2 Å². The molecule has 0 fully saturated rings. The van der Waals surface area contributed by atoms with E-state index in [1.807, 2.05) is 24.3 Å². The summed E-state index contributed by atoms with van der Waals surface area (Å²) in [4.78, 5) is 3.57. The average Bonchev–Trinajstić information content (AvgIpc) is 2.54. The Bertz CT molecular complexity index is 698. The van der Waals surface area contributed by atoms with E-state index in [2.05, 4.69) is 28.5 Å². The van der Waals surface area contributed by atoms with E-state index in [0.717, 1.165) is 30.2 Å². The standard InChI is InChI=1S/C18H16F3NO2/c1-2-3-12-23-16-9-6-14(7-10-16)4-5-15-8-11-17(22-13-15)24-18(19,20)21/h6-11,13H,2-3,12H2,1H3. The number of pyridine rings is 1. The highest BCUT2D eigenvalue weighted by Gasteiger charge is 2.31. The summed E-state index contributed by atoms with van der Waals surface area (Å²) < 4.78 is 45.4. The molecule has 2 aromatic rings. The number of rotatable bonds is 5. The molecule has 0 saturated carbocycles. The van der Waals surface area contributed by atoms with Crippen LogP contribution in [0.5, 0.6) is 11.6 Å². The number of alkyl halides is 3. The highest BCUT2D eigenvalue weighted by atomic mass is 19.4. The second kappa shape index (κ2) is 8.25. The van der Waals surface area contributed by atoms with Gasteiger partial charge in [-0.15, -0.1) is 13.2 Å². The zero-order valence-corrected chi connectivity index (χ0v) is 13.1. The number of aromatic nitrogens is 1. The SMILES string of the molecule is CCCCOc1ccc(C#Cc2ccc(OC(F)(F)F)nc2)cc1. The summed E-state index contributed by atoms with van der Waals surface area (Å²) in [5.74, 6) is 6.02. The van der Waals surface area contributed by atoms with Crippen LogP contribution in [0.1, 0.15) is 30.9 Å². The summed E-state index contributed by atoms with van der Waals surface area (Å²) in [6.07, 6.45) is -1.44. The maximum Gasteiger partial charge on any atom is 0.574 e. The Balaban J connectivity index is 1.96. The Labute approximate surface area is 138 Å². The third-order valence-corrected chi connectivity index (χ3v) is 2.93. The first-order valence-electron chi connectivity index (χ1n) is 7.43. The van der Waals surface area contributed by atoms with Crippen LogP contribution in [0.2, 0.25) is 0 Å². The topological polar surface area (TPSA) is 31.4 Å². The van der Waals surface area contributed by atoms with Crippen molar-refractivity contribution in [2.24, 2.45) is 0 Å². The first-order chi connectivity index (χ1) is 11.5. The first-order valence-corrected chi connectivity index (χ1v) is 7.43. The molecule has 24 heavy (non-hydrogen) atoms. The number of halogens is 3. The minimum atomic E-state index is -4.75. The van der Waals surface area contributed by atoms with Gasteiger partial charge in [0.1, 0.15) is 5.75 Å². The van der Waals surface area contributed by atoms with Gasteiger partial charge in [0, 0.05) is 23.4 Å². The van der Waals surface area contributed by atoms with Crippen LogP contribution >= 0.6 is 0 Å². The van der Waals surface area contributed by atoms with Crippen molar-refractivity contribution in [3.8, 4) is 23.5 Å². The van der Waals surface area contributed by atoms with Crippen molar-refractivity contribution in [2.75, 3.05) is 6.61 Å². The molecule has 2 rings (SSSR count). The maximum absolute atomic E-state index is 12.0. The fourth-order valence-corrected chi connectivity index (χ4v) is 1.75. The Hall–Kier alpha value is -2.68. The number of unbranched alkanes of at least 4 members (excludes halogenated alkanes) is 1. The van der Waals surface area contributed by atoms with Crippen molar-refractivity contribution in [3.05, 3.63) is 53.7 Å². The van der Waals surface area contributed by atoms with Crippen LogP contribution in [-0.4, -0.2) is 18.0 Å². The summed E-state index contributed by atoms with van der Waals surface area (Å²) >= 11 is 0. The Morgan fingerprint density at radius 3 is 2.25 bits per heavy atom. The number of ether oxygens (including phenoxy) is 2. The lowest BCUT2D eigenvalue weighted by atomic mass is 10.2. The van der Waals surface area contributed by atoms with Crippen molar-refractivity contribution in [1.29, 1.82) is 0 Å². The van der Waals surface area contributed by atoms with E-state index in [9.17, 15) is 13.2 Å². The summed E-state index contributed by atoms with van der Waals surface area (Å²) in [6.45, 7) is 2.78. The van der Waals surface area contributed by atoms with Crippen LogP contribution in [0.4, 0.5) is 13.2 Å². The first kappa shape index (κ1) is 17.7. The highest BCUT2D eigenvalue weighted by molar-refractivity contribution is 5.44. The lowest BCUT2D eigenvalue weighted by molar-refractivity contribution is -0.276. The van der Waals surface area contributed by atoms with Gasteiger partial charge in [0.05, 0.1) is 6.61 Å². The molecular formula is C18H16F3NO2. The predicted octanol–water partition coefficient (Wildman–Crippen LogP) is 4.56. The largest absolute Gasteiger partial charge is 0.574 e. The highest BCUT2D eigenvalue weighted by Crippen LogP contribution is 2.20. The van der Waals surface area contributed by atoms with Gasteiger partial charge >= 0.3 is 6.36 Å². The molecule has 0 N–H and O–H groups in total. The van der Waals surface area contributed by atoms with E-state index >= 15 is 0 Å². The molecule has 1 aromatic carbocycles. The molecule has 3 nitrogen and oxygen atoms in total. The zero-order chi connectivity index (χ0) is 17.4. The fraction of sp³-hybridized carbons (Fsp3) is 0.278. The van der Waals surface area contributed by atoms with Gasteiger partial charge in [0.2, 0.25) is 5.88 Å². The van der Waals surface area contributed by atoms with E-state index < -0.39 is 12.2 Å². The number of nitrogens with zero attached hydrogens (tertiary/aromatic N) is 1. The molecule has 0 aliphatic rings. The lowest BCUT2D eigenvalue weighted by Gasteiger charge is -2.06. The molecule has 0 saturated heterocycles. The summed E-state index contributed by atoms with van der Waals surface area (Å²) in [5.41, 5.74) is 1.27. The van der Waals surface area contributed by atoms with Crippen LogP contribution in [0, 0.1) is 11.8 Å². The van der Waals surface area contributed by atoms with Gasteiger partial charge in [-0.25, -0.2) is 4.98 Å². The smallest absolute Gasteiger partial charge is 0.494 e. The predicted molar refractivity (Wildman–Crippen MR) is 83.7 cm³/mol. The summed E-state index contributed by atoms with van der Waals surface area (Å²) in [7, 11) is 0. The van der Waals surface area contributed by atoms with Crippen LogP contribution in [0.25, 0.3) is 0 Å². The summed E-state index contributed by atoms with van der Waals surface area (Å²) in [5, 5.41) is 0. The molecule has 0 spiro atoms. The van der Waals surface area contributed by atoms with Crippen molar-refractivity contribution in [3.63, 3.8) is 0 Å². The quantitative estimate of drug-likeness (QED) is 0.593.